The minimum atomic E-state index is -5.05. The Morgan fingerprint density at radius 1 is 1.00 bits per heavy atom. The van der Waals surface area contributed by atoms with Gasteiger partial charge in [-0.3, -0.25) is 4.79 Å². The van der Waals surface area contributed by atoms with Crippen LogP contribution in [0.4, 0.5) is 26.3 Å². The summed E-state index contributed by atoms with van der Waals surface area (Å²) in [6, 6.07) is 0.607. The lowest BCUT2D eigenvalue weighted by Crippen LogP contribution is -2.24. The topological polar surface area (TPSA) is 66.4 Å². The van der Waals surface area contributed by atoms with Gasteiger partial charge in [-0.1, -0.05) is 0 Å². The average Bonchev–Trinajstić information content (AvgIpc) is 2.34. The van der Waals surface area contributed by atoms with Crippen molar-refractivity contribution in [2.24, 2.45) is 0 Å². The molecule has 0 aliphatic rings. The zero-order valence-corrected chi connectivity index (χ0v) is 11.3. The maximum Gasteiger partial charge on any atom is 0.416 e. The van der Waals surface area contributed by atoms with Gasteiger partial charge >= 0.3 is 18.3 Å². The zero-order valence-electron chi connectivity index (χ0n) is 11.3. The summed E-state index contributed by atoms with van der Waals surface area (Å²) in [5, 5.41) is 10.6. The van der Waals surface area contributed by atoms with Crippen molar-refractivity contribution in [2.75, 3.05) is 0 Å². The summed E-state index contributed by atoms with van der Waals surface area (Å²) in [6.45, 7) is 0.935. The number of carboxylic acid groups (broad SMARTS) is 1. The van der Waals surface area contributed by atoms with E-state index < -0.39 is 46.6 Å². The van der Waals surface area contributed by atoms with Crippen LogP contribution in [0.5, 0.6) is 0 Å². The van der Waals surface area contributed by atoms with E-state index in [2.05, 4.69) is 0 Å². The highest BCUT2D eigenvalue weighted by atomic mass is 19.4. The van der Waals surface area contributed by atoms with Crippen LogP contribution >= 0.6 is 0 Å². The summed E-state index contributed by atoms with van der Waals surface area (Å²) in [5.74, 6) is -2.56. The highest BCUT2D eigenvalue weighted by Gasteiger charge is 2.36. The maximum atomic E-state index is 12.7. The predicted molar refractivity (Wildman–Crippen MR) is 65.9 cm³/mol. The van der Waals surface area contributed by atoms with Gasteiger partial charge in [0.1, 0.15) is 5.70 Å². The summed E-state index contributed by atoms with van der Waals surface area (Å²) in [4.78, 5) is 21.7. The number of alkyl halides is 6. The van der Waals surface area contributed by atoms with E-state index in [1.807, 2.05) is 0 Å². The average molecular weight is 341 g/mol. The Kier molecular flexibility index (Phi) is 5.08. The molecule has 0 saturated heterocycles. The summed E-state index contributed by atoms with van der Waals surface area (Å²) in [5.41, 5.74) is -4.71. The van der Waals surface area contributed by atoms with Crippen molar-refractivity contribution >= 4 is 18.0 Å². The molecule has 1 aromatic carbocycles. The Hall–Kier alpha value is -2.52. The Bertz CT molecular complexity index is 628. The molecule has 0 aromatic heterocycles. The quantitative estimate of drug-likeness (QED) is 0.655. The Balaban J connectivity index is 3.51. The summed E-state index contributed by atoms with van der Waals surface area (Å²) >= 11 is 0. The monoisotopic (exact) mass is 341 g/mol. The molecule has 0 fully saturated rings. The van der Waals surface area contributed by atoms with Gasteiger partial charge in [-0.2, -0.15) is 26.3 Å². The molecule has 0 unspecified atom stereocenters. The van der Waals surface area contributed by atoms with E-state index in [4.69, 9.17) is 5.11 Å². The SMILES string of the molecule is CC(=O)NC(=Cc1cc(C(F)(F)F)cc(C(F)(F)F)c1)C(=O)O. The number of amides is 1. The Morgan fingerprint density at radius 3 is 1.74 bits per heavy atom. The minimum Gasteiger partial charge on any atom is -0.477 e. The smallest absolute Gasteiger partial charge is 0.416 e. The molecule has 0 bridgehead atoms. The molecule has 1 aromatic rings. The number of hydrogen-bond donors (Lipinski definition) is 2. The molecule has 0 atom stereocenters. The molecule has 0 spiro atoms. The molecule has 2 N–H and O–H groups in total. The minimum absolute atomic E-state index is 0.0871. The third-order valence-corrected chi connectivity index (χ3v) is 2.46. The maximum absolute atomic E-state index is 12.7. The highest BCUT2D eigenvalue weighted by Crippen LogP contribution is 2.36. The number of rotatable bonds is 3. The molecule has 1 amide bonds. The molecule has 0 radical (unpaired) electrons. The lowest BCUT2D eigenvalue weighted by molar-refractivity contribution is -0.143. The van der Waals surface area contributed by atoms with Gasteiger partial charge in [-0.15, -0.1) is 0 Å². The Morgan fingerprint density at radius 2 is 1.43 bits per heavy atom. The summed E-state index contributed by atoms with van der Waals surface area (Å²) < 4.78 is 76.0. The van der Waals surface area contributed by atoms with E-state index in [0.29, 0.717) is 18.2 Å². The lowest BCUT2D eigenvalue weighted by Gasteiger charge is -2.13. The van der Waals surface area contributed by atoms with Crippen molar-refractivity contribution in [1.82, 2.24) is 5.32 Å². The van der Waals surface area contributed by atoms with Crippen LogP contribution in [-0.2, 0) is 21.9 Å². The van der Waals surface area contributed by atoms with Crippen LogP contribution in [0.15, 0.2) is 23.9 Å². The Labute approximate surface area is 125 Å². The van der Waals surface area contributed by atoms with Gasteiger partial charge in [-0.25, -0.2) is 4.79 Å². The molecule has 10 heteroatoms. The van der Waals surface area contributed by atoms with Crippen molar-refractivity contribution in [2.45, 2.75) is 19.3 Å². The standard InChI is InChI=1S/C13H9F6NO3/c1-6(21)20-10(11(22)23)4-7-2-8(12(14,15)16)5-9(3-7)13(17,18)19/h2-5H,1H3,(H,20,21)(H,22,23). The van der Waals surface area contributed by atoms with Gasteiger partial charge in [0.2, 0.25) is 5.91 Å². The van der Waals surface area contributed by atoms with Crippen molar-refractivity contribution in [1.29, 1.82) is 0 Å². The molecule has 0 aliphatic carbocycles. The zero-order chi connectivity index (χ0) is 18.0. The van der Waals surface area contributed by atoms with Crippen molar-refractivity contribution in [3.8, 4) is 0 Å². The third kappa shape index (κ3) is 5.31. The fourth-order valence-corrected chi connectivity index (χ4v) is 1.57. The number of carbonyl (C=O) groups is 2. The number of benzene rings is 1. The van der Waals surface area contributed by atoms with E-state index in [1.54, 1.807) is 5.32 Å². The van der Waals surface area contributed by atoms with Gasteiger partial charge < -0.3 is 10.4 Å². The van der Waals surface area contributed by atoms with Crippen LogP contribution in [0.3, 0.4) is 0 Å². The van der Waals surface area contributed by atoms with Crippen LogP contribution < -0.4 is 5.32 Å². The largest absolute Gasteiger partial charge is 0.477 e. The molecule has 126 valence electrons. The fourth-order valence-electron chi connectivity index (χ4n) is 1.57. The van der Waals surface area contributed by atoms with Gasteiger partial charge in [0.15, 0.2) is 0 Å². The summed E-state index contributed by atoms with van der Waals surface area (Å²) in [6.07, 6.45) is -9.60. The molecule has 23 heavy (non-hydrogen) atoms. The van der Waals surface area contributed by atoms with Crippen LogP contribution in [0.25, 0.3) is 6.08 Å². The first-order valence-corrected chi connectivity index (χ1v) is 5.83. The van der Waals surface area contributed by atoms with Gasteiger partial charge in [0.05, 0.1) is 11.1 Å². The molecular weight excluding hydrogens is 332 g/mol. The molecule has 1 rings (SSSR count). The summed E-state index contributed by atoms with van der Waals surface area (Å²) in [7, 11) is 0. The first-order chi connectivity index (χ1) is 10.3. The number of halogens is 6. The van der Waals surface area contributed by atoms with Gasteiger partial charge in [0.25, 0.3) is 0 Å². The van der Waals surface area contributed by atoms with Crippen molar-refractivity contribution in [3.05, 3.63) is 40.6 Å². The number of carbonyl (C=O) groups excluding carboxylic acids is 1. The molecule has 0 saturated carbocycles. The van der Waals surface area contributed by atoms with Crippen LogP contribution in [0.1, 0.15) is 23.6 Å². The van der Waals surface area contributed by atoms with Crippen molar-refractivity contribution < 1.29 is 41.0 Å². The van der Waals surface area contributed by atoms with Crippen LogP contribution in [0, 0.1) is 0 Å². The molecule has 0 heterocycles. The second-order valence-corrected chi connectivity index (χ2v) is 4.38. The number of carboxylic acids is 1. The molecule has 0 aliphatic heterocycles. The van der Waals surface area contributed by atoms with Crippen LogP contribution in [-0.4, -0.2) is 17.0 Å². The van der Waals surface area contributed by atoms with Crippen LogP contribution in [0.2, 0.25) is 0 Å². The highest BCUT2D eigenvalue weighted by molar-refractivity contribution is 5.96. The van der Waals surface area contributed by atoms with E-state index in [1.165, 1.54) is 0 Å². The van der Waals surface area contributed by atoms with Gasteiger partial charge in [-0.05, 0) is 29.8 Å². The van der Waals surface area contributed by atoms with Gasteiger partial charge in [0, 0.05) is 6.92 Å². The second kappa shape index (κ2) is 6.31. The van der Waals surface area contributed by atoms with E-state index in [9.17, 15) is 35.9 Å². The first-order valence-electron chi connectivity index (χ1n) is 5.83. The van der Waals surface area contributed by atoms with E-state index in [0.717, 1.165) is 6.92 Å². The normalized spacial score (nSPS) is 12.9. The third-order valence-electron chi connectivity index (χ3n) is 2.46. The van der Waals surface area contributed by atoms with Crippen molar-refractivity contribution in [3.63, 3.8) is 0 Å². The number of nitrogens with one attached hydrogen (secondary N) is 1. The van der Waals surface area contributed by atoms with E-state index >= 15 is 0 Å². The molecule has 4 nitrogen and oxygen atoms in total. The lowest BCUT2D eigenvalue weighted by atomic mass is 10.0. The number of hydrogen-bond acceptors (Lipinski definition) is 2. The predicted octanol–water partition coefficient (Wildman–Crippen LogP) is 3.29. The number of aliphatic carboxylic acids is 1. The second-order valence-electron chi connectivity index (χ2n) is 4.38. The molecular formula is C13H9F6NO3. The fraction of sp³-hybridized carbons (Fsp3) is 0.231. The van der Waals surface area contributed by atoms with E-state index in [-0.39, 0.29) is 6.07 Å². The first kappa shape index (κ1) is 18.5.